The van der Waals surface area contributed by atoms with Crippen LogP contribution in [-0.2, 0) is 4.79 Å². The van der Waals surface area contributed by atoms with Crippen LogP contribution in [0.1, 0.15) is 39.0 Å². The number of hydrogen-bond acceptors (Lipinski definition) is 3. The summed E-state index contributed by atoms with van der Waals surface area (Å²) in [6.45, 7) is 1.64. The number of hydrogen-bond donors (Lipinski definition) is 2. The second-order valence-electron chi connectivity index (χ2n) is 4.55. The Morgan fingerprint density at radius 1 is 1.36 bits per heavy atom. The van der Waals surface area contributed by atoms with E-state index in [-0.39, 0.29) is 28.6 Å². The van der Waals surface area contributed by atoms with Crippen molar-refractivity contribution in [3.05, 3.63) is 11.5 Å². The monoisotopic (exact) mass is 196 g/mol. The first-order valence-electron chi connectivity index (χ1n) is 5.17. The van der Waals surface area contributed by atoms with E-state index in [1.54, 1.807) is 6.92 Å². The molecular formula is C11H16O3. The number of aliphatic hydroxyl groups is 2. The van der Waals surface area contributed by atoms with Crippen molar-refractivity contribution in [3.63, 3.8) is 0 Å². The zero-order valence-corrected chi connectivity index (χ0v) is 8.42. The largest absolute Gasteiger partial charge is 0.509 e. The molecule has 3 nitrogen and oxygen atoms in total. The fraction of sp³-hybridized carbons (Fsp3) is 0.727. The maximum atomic E-state index is 11.5. The van der Waals surface area contributed by atoms with Crippen LogP contribution in [0.3, 0.4) is 0 Å². The molecule has 3 heteroatoms. The van der Waals surface area contributed by atoms with Gasteiger partial charge in [-0.3, -0.25) is 4.79 Å². The molecule has 2 aliphatic rings. The Morgan fingerprint density at radius 3 is 2.43 bits per heavy atom. The molecule has 0 bridgehead atoms. The topological polar surface area (TPSA) is 57.5 Å². The summed E-state index contributed by atoms with van der Waals surface area (Å²) in [5.41, 5.74) is -0.158. The second-order valence-corrected chi connectivity index (χ2v) is 4.55. The average Bonchev–Trinajstić information content (AvgIpc) is 2.90. The van der Waals surface area contributed by atoms with Gasteiger partial charge in [0, 0.05) is 18.3 Å². The fourth-order valence-electron chi connectivity index (χ4n) is 2.56. The quantitative estimate of drug-likeness (QED) is 0.713. The van der Waals surface area contributed by atoms with Crippen molar-refractivity contribution < 1.29 is 15.0 Å². The van der Waals surface area contributed by atoms with Crippen molar-refractivity contribution in [2.24, 2.45) is 11.3 Å². The van der Waals surface area contributed by atoms with Crippen LogP contribution in [0.25, 0.3) is 0 Å². The number of carbonyl (C=O) groups excluding carboxylic acids is 1. The molecule has 1 fully saturated rings. The van der Waals surface area contributed by atoms with E-state index in [0.29, 0.717) is 12.8 Å². The van der Waals surface area contributed by atoms with Crippen molar-refractivity contribution in [2.75, 3.05) is 0 Å². The van der Waals surface area contributed by atoms with Crippen LogP contribution >= 0.6 is 0 Å². The molecule has 0 spiro atoms. The van der Waals surface area contributed by atoms with E-state index < -0.39 is 0 Å². The van der Waals surface area contributed by atoms with Gasteiger partial charge in [0.2, 0.25) is 0 Å². The van der Waals surface area contributed by atoms with E-state index in [9.17, 15) is 15.0 Å². The summed E-state index contributed by atoms with van der Waals surface area (Å²) >= 11 is 0. The standard InChI is InChI=1S/C11H16O3/c1-7(12)11(4-5-11)8-2-3-9(13)10(14)6-8/h8,13-14H,2-6H2,1H3. The molecule has 0 aliphatic heterocycles. The van der Waals surface area contributed by atoms with E-state index in [4.69, 9.17) is 0 Å². The highest BCUT2D eigenvalue weighted by molar-refractivity contribution is 5.85. The van der Waals surface area contributed by atoms with E-state index >= 15 is 0 Å². The minimum absolute atomic E-state index is 0.0915. The molecule has 0 aromatic heterocycles. The molecule has 0 heterocycles. The van der Waals surface area contributed by atoms with Gasteiger partial charge in [-0.1, -0.05) is 0 Å². The first-order chi connectivity index (χ1) is 6.56. The lowest BCUT2D eigenvalue weighted by Gasteiger charge is -2.28. The van der Waals surface area contributed by atoms with Gasteiger partial charge < -0.3 is 10.2 Å². The number of rotatable bonds is 2. The van der Waals surface area contributed by atoms with Crippen LogP contribution in [0.4, 0.5) is 0 Å². The number of Topliss-reactive ketones (excluding diaryl/α,β-unsaturated/α-hetero) is 1. The van der Waals surface area contributed by atoms with Crippen LogP contribution in [0.2, 0.25) is 0 Å². The van der Waals surface area contributed by atoms with Gasteiger partial charge in [0.05, 0.1) is 0 Å². The zero-order valence-electron chi connectivity index (χ0n) is 8.42. The molecule has 0 amide bonds. The second kappa shape index (κ2) is 3.01. The lowest BCUT2D eigenvalue weighted by Crippen LogP contribution is -2.26. The Balaban J connectivity index is 2.12. The average molecular weight is 196 g/mol. The SMILES string of the molecule is CC(=O)C1(C2CCC(O)=C(O)C2)CC1. The van der Waals surface area contributed by atoms with Crippen LogP contribution in [-0.4, -0.2) is 16.0 Å². The van der Waals surface area contributed by atoms with Gasteiger partial charge in [0.15, 0.2) is 0 Å². The lowest BCUT2D eigenvalue weighted by molar-refractivity contribution is -0.124. The third-order valence-electron chi connectivity index (χ3n) is 3.77. The van der Waals surface area contributed by atoms with Crippen molar-refractivity contribution >= 4 is 5.78 Å². The van der Waals surface area contributed by atoms with Gasteiger partial charge in [-0.2, -0.15) is 0 Å². The highest BCUT2D eigenvalue weighted by Crippen LogP contribution is 2.57. The maximum Gasteiger partial charge on any atom is 0.136 e. The molecule has 1 unspecified atom stereocenters. The van der Waals surface area contributed by atoms with Crippen LogP contribution < -0.4 is 0 Å². The van der Waals surface area contributed by atoms with Gasteiger partial charge in [0.1, 0.15) is 17.3 Å². The molecule has 0 aromatic carbocycles. The number of ketones is 1. The minimum Gasteiger partial charge on any atom is -0.509 e. The number of allylic oxidation sites excluding steroid dienone is 2. The third-order valence-corrected chi connectivity index (χ3v) is 3.77. The van der Waals surface area contributed by atoms with Gasteiger partial charge in [0.25, 0.3) is 0 Å². The first-order valence-corrected chi connectivity index (χ1v) is 5.17. The van der Waals surface area contributed by atoms with Gasteiger partial charge in [-0.05, 0) is 32.1 Å². The summed E-state index contributed by atoms with van der Waals surface area (Å²) in [6, 6.07) is 0. The van der Waals surface area contributed by atoms with Crippen LogP contribution in [0.5, 0.6) is 0 Å². The summed E-state index contributed by atoms with van der Waals surface area (Å²) in [4.78, 5) is 11.5. The Hall–Kier alpha value is -0.990. The molecule has 1 saturated carbocycles. The highest BCUT2D eigenvalue weighted by atomic mass is 16.3. The summed E-state index contributed by atoms with van der Waals surface area (Å²) in [6.07, 6.45) is 3.74. The van der Waals surface area contributed by atoms with Crippen LogP contribution in [0, 0.1) is 11.3 Å². The molecular weight excluding hydrogens is 180 g/mol. The van der Waals surface area contributed by atoms with Crippen molar-refractivity contribution in [1.29, 1.82) is 0 Å². The van der Waals surface area contributed by atoms with Crippen molar-refractivity contribution in [2.45, 2.75) is 39.0 Å². The smallest absolute Gasteiger partial charge is 0.136 e. The fourth-order valence-corrected chi connectivity index (χ4v) is 2.56. The van der Waals surface area contributed by atoms with Gasteiger partial charge >= 0.3 is 0 Å². The number of carbonyl (C=O) groups is 1. The molecule has 0 radical (unpaired) electrons. The predicted octanol–water partition coefficient (Wildman–Crippen LogP) is 2.48. The van der Waals surface area contributed by atoms with Crippen LogP contribution in [0.15, 0.2) is 11.5 Å². The normalized spacial score (nSPS) is 30.2. The van der Waals surface area contributed by atoms with Gasteiger partial charge in [-0.25, -0.2) is 0 Å². The molecule has 2 rings (SSSR count). The van der Waals surface area contributed by atoms with E-state index in [2.05, 4.69) is 0 Å². The lowest BCUT2D eigenvalue weighted by atomic mass is 9.77. The summed E-state index contributed by atoms with van der Waals surface area (Å²) < 4.78 is 0. The van der Waals surface area contributed by atoms with E-state index in [0.717, 1.165) is 19.3 Å². The summed E-state index contributed by atoms with van der Waals surface area (Å²) in [5, 5.41) is 18.7. The molecule has 0 saturated heterocycles. The molecule has 2 N–H and O–H groups in total. The molecule has 0 aromatic rings. The molecule has 2 aliphatic carbocycles. The van der Waals surface area contributed by atoms with Crippen molar-refractivity contribution in [1.82, 2.24) is 0 Å². The van der Waals surface area contributed by atoms with E-state index in [1.807, 2.05) is 0 Å². The maximum absolute atomic E-state index is 11.5. The predicted molar refractivity (Wildman–Crippen MR) is 52.0 cm³/mol. The first kappa shape index (κ1) is 9.56. The number of aliphatic hydroxyl groups excluding tert-OH is 2. The van der Waals surface area contributed by atoms with Gasteiger partial charge in [-0.15, -0.1) is 0 Å². The third kappa shape index (κ3) is 1.31. The van der Waals surface area contributed by atoms with Crippen molar-refractivity contribution in [3.8, 4) is 0 Å². The zero-order chi connectivity index (χ0) is 10.3. The Bertz CT molecular complexity index is 300. The summed E-state index contributed by atoms with van der Waals surface area (Å²) in [7, 11) is 0. The van der Waals surface area contributed by atoms with E-state index in [1.165, 1.54) is 0 Å². The molecule has 14 heavy (non-hydrogen) atoms. The minimum atomic E-state index is -0.158. The highest BCUT2D eigenvalue weighted by Gasteiger charge is 2.53. The molecule has 78 valence electrons. The summed E-state index contributed by atoms with van der Waals surface area (Å²) in [5.74, 6) is 0.696. The Kier molecular flexibility index (Phi) is 2.05. The Morgan fingerprint density at radius 2 is 2.00 bits per heavy atom. The molecule has 1 atom stereocenters. The Labute approximate surface area is 83.4 Å².